The predicted molar refractivity (Wildman–Crippen MR) is 97.9 cm³/mol. The number of amides is 2. The van der Waals surface area contributed by atoms with Crippen LogP contribution < -0.4 is 10.6 Å². The molecule has 0 aromatic carbocycles. The third kappa shape index (κ3) is 4.52. The Labute approximate surface area is 163 Å². The van der Waals surface area contributed by atoms with Crippen LogP contribution in [0.15, 0.2) is 25.3 Å². The summed E-state index contributed by atoms with van der Waals surface area (Å²) >= 11 is 0. The number of rotatable bonds is 10. The first kappa shape index (κ1) is 21.5. The SMILES string of the molecule is C=CCOC(=O)N[C@@]1(C(=O)NCC(=O)OCC)CC[C@@H]2[C@H](C(=O)OCC=C)[C@H]21. The molecule has 9 nitrogen and oxygen atoms in total. The fourth-order valence-corrected chi connectivity index (χ4v) is 3.87. The number of carbonyl (C=O) groups is 4. The van der Waals surface area contributed by atoms with E-state index in [4.69, 9.17) is 14.2 Å². The van der Waals surface area contributed by atoms with Gasteiger partial charge in [-0.1, -0.05) is 25.3 Å². The Morgan fingerprint density at radius 3 is 2.43 bits per heavy atom. The van der Waals surface area contributed by atoms with Crippen molar-refractivity contribution < 1.29 is 33.4 Å². The van der Waals surface area contributed by atoms with Crippen LogP contribution in [0.4, 0.5) is 4.79 Å². The molecular formula is C19H26N2O7. The topological polar surface area (TPSA) is 120 Å². The third-order valence-electron chi connectivity index (χ3n) is 4.99. The van der Waals surface area contributed by atoms with Crippen LogP contribution in [0.1, 0.15) is 19.8 Å². The minimum Gasteiger partial charge on any atom is -0.465 e. The van der Waals surface area contributed by atoms with Gasteiger partial charge in [0, 0.05) is 5.92 Å². The summed E-state index contributed by atoms with van der Waals surface area (Å²) in [6, 6.07) is 0. The van der Waals surface area contributed by atoms with Crippen molar-refractivity contribution in [1.29, 1.82) is 0 Å². The van der Waals surface area contributed by atoms with Crippen LogP contribution in [0.3, 0.4) is 0 Å². The molecule has 2 amide bonds. The normalized spacial score (nSPS) is 27.0. The highest BCUT2D eigenvalue weighted by Gasteiger charge is 2.72. The average Bonchev–Trinajstić information content (AvgIpc) is 3.30. The molecule has 154 valence electrons. The van der Waals surface area contributed by atoms with Crippen molar-refractivity contribution in [3.05, 3.63) is 25.3 Å². The summed E-state index contributed by atoms with van der Waals surface area (Å²) in [5.74, 6) is -2.58. The first-order valence-corrected chi connectivity index (χ1v) is 9.18. The molecule has 2 aliphatic rings. The molecule has 0 aromatic rings. The van der Waals surface area contributed by atoms with Crippen molar-refractivity contribution >= 4 is 23.9 Å². The summed E-state index contributed by atoms with van der Waals surface area (Å²) in [7, 11) is 0. The van der Waals surface area contributed by atoms with E-state index in [-0.39, 0.29) is 32.3 Å². The Kier molecular flexibility index (Phi) is 7.19. The molecule has 2 N–H and O–H groups in total. The molecule has 0 heterocycles. The fraction of sp³-hybridized carbons (Fsp3) is 0.579. The summed E-state index contributed by atoms with van der Waals surface area (Å²) in [6.45, 7) is 8.53. The summed E-state index contributed by atoms with van der Waals surface area (Å²) < 4.78 is 14.9. The van der Waals surface area contributed by atoms with Crippen molar-refractivity contribution in [3.63, 3.8) is 0 Å². The van der Waals surface area contributed by atoms with Crippen LogP contribution >= 0.6 is 0 Å². The Bertz CT molecular complexity index is 663. The van der Waals surface area contributed by atoms with Gasteiger partial charge in [-0.2, -0.15) is 0 Å². The van der Waals surface area contributed by atoms with E-state index in [1.54, 1.807) is 6.92 Å². The quantitative estimate of drug-likeness (QED) is 0.318. The van der Waals surface area contributed by atoms with E-state index >= 15 is 0 Å². The third-order valence-corrected chi connectivity index (χ3v) is 4.99. The van der Waals surface area contributed by atoms with Crippen molar-refractivity contribution in [1.82, 2.24) is 10.6 Å². The van der Waals surface area contributed by atoms with Crippen LogP contribution in [0.2, 0.25) is 0 Å². The minimum atomic E-state index is -1.35. The highest BCUT2D eigenvalue weighted by Crippen LogP contribution is 2.62. The van der Waals surface area contributed by atoms with Crippen LogP contribution in [-0.2, 0) is 28.6 Å². The van der Waals surface area contributed by atoms with Gasteiger partial charge >= 0.3 is 18.0 Å². The monoisotopic (exact) mass is 394 g/mol. The number of alkyl carbamates (subject to hydrolysis) is 1. The molecule has 2 aliphatic carbocycles. The van der Waals surface area contributed by atoms with E-state index in [1.165, 1.54) is 12.2 Å². The van der Waals surface area contributed by atoms with Gasteiger partial charge in [-0.25, -0.2) is 4.79 Å². The lowest BCUT2D eigenvalue weighted by atomic mass is 9.89. The van der Waals surface area contributed by atoms with Crippen LogP contribution in [-0.4, -0.2) is 55.8 Å². The first-order valence-electron chi connectivity index (χ1n) is 9.18. The molecule has 4 atom stereocenters. The van der Waals surface area contributed by atoms with Crippen molar-refractivity contribution in [2.45, 2.75) is 25.3 Å². The Morgan fingerprint density at radius 1 is 1.11 bits per heavy atom. The number of ether oxygens (including phenoxy) is 3. The lowest BCUT2D eigenvalue weighted by Gasteiger charge is -2.31. The van der Waals surface area contributed by atoms with Gasteiger partial charge in [0.25, 0.3) is 0 Å². The van der Waals surface area contributed by atoms with Gasteiger partial charge in [-0.15, -0.1) is 0 Å². The van der Waals surface area contributed by atoms with Crippen LogP contribution in [0.5, 0.6) is 0 Å². The molecule has 0 aliphatic heterocycles. The molecule has 0 bridgehead atoms. The van der Waals surface area contributed by atoms with Gasteiger partial charge in [0.1, 0.15) is 25.3 Å². The van der Waals surface area contributed by atoms with Gasteiger partial charge in [0.2, 0.25) is 5.91 Å². The van der Waals surface area contributed by atoms with Crippen molar-refractivity contribution in [2.75, 3.05) is 26.4 Å². The van der Waals surface area contributed by atoms with Crippen molar-refractivity contribution in [3.8, 4) is 0 Å². The molecular weight excluding hydrogens is 368 g/mol. The van der Waals surface area contributed by atoms with Gasteiger partial charge < -0.3 is 24.8 Å². The van der Waals surface area contributed by atoms with Gasteiger partial charge in [0.05, 0.1) is 12.5 Å². The number of hydrogen-bond donors (Lipinski definition) is 2. The molecule has 9 heteroatoms. The number of fused-ring (bicyclic) bond motifs is 1. The van der Waals surface area contributed by atoms with E-state index in [1.807, 2.05) is 0 Å². The summed E-state index contributed by atoms with van der Waals surface area (Å²) in [5, 5.41) is 5.11. The van der Waals surface area contributed by atoms with Gasteiger partial charge in [-0.05, 0) is 25.7 Å². The van der Waals surface area contributed by atoms with Crippen molar-refractivity contribution in [2.24, 2.45) is 17.8 Å². The molecule has 0 saturated heterocycles. The lowest BCUT2D eigenvalue weighted by molar-refractivity contribution is -0.146. The Balaban J connectivity index is 2.13. The Morgan fingerprint density at radius 2 is 1.79 bits per heavy atom. The van der Waals surface area contributed by atoms with Gasteiger partial charge in [-0.3, -0.25) is 14.4 Å². The molecule has 0 spiro atoms. The second-order valence-electron chi connectivity index (χ2n) is 6.64. The minimum absolute atomic E-state index is 0.0226. The lowest BCUT2D eigenvalue weighted by Crippen LogP contribution is -2.60. The highest BCUT2D eigenvalue weighted by atomic mass is 16.5. The molecule has 28 heavy (non-hydrogen) atoms. The summed E-state index contributed by atoms with van der Waals surface area (Å²) in [4.78, 5) is 48.9. The zero-order valence-corrected chi connectivity index (χ0v) is 15.9. The maximum Gasteiger partial charge on any atom is 0.408 e. The van der Waals surface area contributed by atoms with E-state index in [0.717, 1.165) is 0 Å². The molecule has 0 radical (unpaired) electrons. The van der Waals surface area contributed by atoms with Gasteiger partial charge in [0.15, 0.2) is 0 Å². The van der Waals surface area contributed by atoms with Crippen LogP contribution in [0.25, 0.3) is 0 Å². The zero-order valence-electron chi connectivity index (χ0n) is 15.9. The number of carbonyl (C=O) groups excluding carboxylic acids is 4. The number of hydrogen-bond acceptors (Lipinski definition) is 7. The Hall–Kier alpha value is -2.84. The maximum absolute atomic E-state index is 12.9. The predicted octanol–water partition coefficient (Wildman–Crippen LogP) is 0.702. The molecule has 2 saturated carbocycles. The standard InChI is InChI=1S/C19H26N2O7/c1-4-9-27-16(23)14-12-7-8-19(15(12)14,21-18(25)28-10-5-2)17(24)20-11-13(22)26-6-3/h4-5,12,14-15H,1-2,6-11H2,3H3,(H,20,24)(H,21,25)/t12-,14+,15+,19+/m1/s1. The van der Waals surface area contributed by atoms with E-state index in [2.05, 4.69) is 23.8 Å². The smallest absolute Gasteiger partial charge is 0.408 e. The largest absolute Gasteiger partial charge is 0.465 e. The van der Waals surface area contributed by atoms with E-state index in [9.17, 15) is 19.2 Å². The summed E-state index contributed by atoms with van der Waals surface area (Å²) in [5.41, 5.74) is -1.35. The first-order chi connectivity index (χ1) is 13.4. The maximum atomic E-state index is 12.9. The van der Waals surface area contributed by atoms with E-state index in [0.29, 0.717) is 12.8 Å². The molecule has 0 aromatic heterocycles. The highest BCUT2D eigenvalue weighted by molar-refractivity contribution is 5.95. The second-order valence-corrected chi connectivity index (χ2v) is 6.64. The molecule has 2 fully saturated rings. The summed E-state index contributed by atoms with van der Waals surface area (Å²) in [6.07, 6.45) is 2.95. The fourth-order valence-electron chi connectivity index (χ4n) is 3.87. The average molecular weight is 394 g/mol. The number of esters is 2. The van der Waals surface area contributed by atoms with E-state index < -0.39 is 41.3 Å². The number of nitrogens with one attached hydrogen (secondary N) is 2. The zero-order chi connectivity index (χ0) is 20.7. The molecule has 2 rings (SSSR count). The molecule has 0 unspecified atom stereocenters. The van der Waals surface area contributed by atoms with Crippen LogP contribution in [0, 0.1) is 17.8 Å². The second kappa shape index (κ2) is 9.38.